The number of piperidine rings is 2. The minimum Gasteiger partial charge on any atom is -0.349 e. The lowest BCUT2D eigenvalue weighted by molar-refractivity contribution is -0.0861. The maximum absolute atomic E-state index is 5.93. The van der Waals surface area contributed by atoms with Crippen molar-refractivity contribution in [3.63, 3.8) is 0 Å². The van der Waals surface area contributed by atoms with Gasteiger partial charge in [-0.3, -0.25) is 4.90 Å². The van der Waals surface area contributed by atoms with Gasteiger partial charge in [0.05, 0.1) is 18.3 Å². The molecule has 24 heavy (non-hydrogen) atoms. The Kier molecular flexibility index (Phi) is 3.37. The average molecular weight is 333 g/mol. The van der Waals surface area contributed by atoms with Gasteiger partial charge in [-0.2, -0.15) is 0 Å². The summed E-state index contributed by atoms with van der Waals surface area (Å²) in [7, 11) is 0. The van der Waals surface area contributed by atoms with Crippen molar-refractivity contribution >= 4 is 0 Å². The molecule has 132 valence electrons. The van der Waals surface area contributed by atoms with Crippen molar-refractivity contribution in [3.8, 4) is 0 Å². The molecular weight excluding hydrogens is 306 g/mol. The van der Waals surface area contributed by atoms with E-state index in [2.05, 4.69) is 17.1 Å². The predicted octanol–water partition coefficient (Wildman–Crippen LogP) is 1.78. The summed E-state index contributed by atoms with van der Waals surface area (Å²) in [5.41, 5.74) is 0. The molecule has 4 aliphatic heterocycles. The summed E-state index contributed by atoms with van der Waals surface area (Å²) in [5, 5.41) is 0. The Morgan fingerprint density at radius 3 is 2.67 bits per heavy atom. The Balaban J connectivity index is 1.25. The van der Waals surface area contributed by atoms with Crippen LogP contribution in [-0.4, -0.2) is 62.0 Å². The van der Waals surface area contributed by atoms with Crippen LogP contribution >= 0.6 is 0 Å². The summed E-state index contributed by atoms with van der Waals surface area (Å²) in [6.45, 7) is 3.41. The van der Waals surface area contributed by atoms with Crippen molar-refractivity contribution in [1.29, 1.82) is 0 Å². The number of nitrogens with zero attached hydrogens (tertiary/aromatic N) is 1. The topological polar surface area (TPSA) is 40.2 Å². The van der Waals surface area contributed by atoms with Crippen molar-refractivity contribution in [2.24, 2.45) is 23.7 Å². The Labute approximate surface area is 143 Å². The van der Waals surface area contributed by atoms with Gasteiger partial charge in [0.1, 0.15) is 19.7 Å². The highest BCUT2D eigenvalue weighted by atomic mass is 16.7. The van der Waals surface area contributed by atoms with Crippen LogP contribution in [0.2, 0.25) is 0 Å². The van der Waals surface area contributed by atoms with Crippen LogP contribution in [0.3, 0.4) is 0 Å². The van der Waals surface area contributed by atoms with Crippen LogP contribution < -0.4 is 0 Å². The van der Waals surface area contributed by atoms with E-state index in [9.17, 15) is 0 Å². The molecule has 1 saturated carbocycles. The molecule has 0 N–H and O–H groups in total. The number of fused-ring (bicyclic) bond motifs is 7. The van der Waals surface area contributed by atoms with Crippen molar-refractivity contribution in [2.75, 3.05) is 26.7 Å². The standard InChI is InChI=1S/C19H27NO4/c1-2-16-19(24-10-21-16)14-8-20-4-3-12-6-17-18(23-9-22-17)7-13(12)15(20)5-11(1)14/h1-2,11-19H,3-10H2/t11?,12?,13?,14?,15?,16-,17?,18?,19+/m0/s1. The highest BCUT2D eigenvalue weighted by Gasteiger charge is 2.52. The monoisotopic (exact) mass is 333 g/mol. The quantitative estimate of drug-likeness (QED) is 0.632. The number of hydrogen-bond donors (Lipinski definition) is 0. The molecular formula is C19H27NO4. The Bertz CT molecular complexity index is 539. The summed E-state index contributed by atoms with van der Waals surface area (Å²) in [4.78, 5) is 2.77. The van der Waals surface area contributed by atoms with Gasteiger partial charge < -0.3 is 18.9 Å². The summed E-state index contributed by atoms with van der Waals surface area (Å²) in [6.07, 6.45) is 10.9. The third kappa shape index (κ3) is 2.12. The summed E-state index contributed by atoms with van der Waals surface area (Å²) in [5.74, 6) is 2.88. The van der Waals surface area contributed by atoms with Gasteiger partial charge in [0.25, 0.3) is 0 Å². The van der Waals surface area contributed by atoms with Crippen molar-refractivity contribution in [1.82, 2.24) is 4.90 Å². The first-order chi connectivity index (χ1) is 11.9. The van der Waals surface area contributed by atoms with E-state index < -0.39 is 0 Å². The highest BCUT2D eigenvalue weighted by Crippen LogP contribution is 2.49. The van der Waals surface area contributed by atoms with Gasteiger partial charge in [-0.1, -0.05) is 12.2 Å². The number of ether oxygens (including phenoxy) is 4. The Morgan fingerprint density at radius 1 is 0.833 bits per heavy atom. The van der Waals surface area contributed by atoms with Gasteiger partial charge in [-0.15, -0.1) is 0 Å². The molecule has 6 rings (SSSR count). The molecule has 9 atom stereocenters. The lowest BCUT2D eigenvalue weighted by Crippen LogP contribution is -2.60. The van der Waals surface area contributed by atoms with E-state index in [1.807, 2.05) is 0 Å². The molecule has 0 bridgehead atoms. The van der Waals surface area contributed by atoms with Crippen LogP contribution in [0.25, 0.3) is 0 Å². The van der Waals surface area contributed by atoms with E-state index in [0.29, 0.717) is 37.6 Å². The normalized spacial score (nSPS) is 56.1. The van der Waals surface area contributed by atoms with Crippen LogP contribution in [0.4, 0.5) is 0 Å². The van der Waals surface area contributed by atoms with Gasteiger partial charge in [0.15, 0.2) is 0 Å². The molecule has 4 heterocycles. The fourth-order valence-electron chi connectivity index (χ4n) is 6.52. The van der Waals surface area contributed by atoms with Gasteiger partial charge in [-0.05, 0) is 50.0 Å². The van der Waals surface area contributed by atoms with E-state index >= 15 is 0 Å². The molecule has 0 aromatic carbocycles. The van der Waals surface area contributed by atoms with Gasteiger partial charge in [0.2, 0.25) is 0 Å². The van der Waals surface area contributed by atoms with Gasteiger partial charge in [-0.25, -0.2) is 0 Å². The largest absolute Gasteiger partial charge is 0.349 e. The predicted molar refractivity (Wildman–Crippen MR) is 86.2 cm³/mol. The number of hydrogen-bond acceptors (Lipinski definition) is 5. The molecule has 0 radical (unpaired) electrons. The van der Waals surface area contributed by atoms with Crippen LogP contribution in [0.5, 0.6) is 0 Å². The van der Waals surface area contributed by atoms with Gasteiger partial charge in [0, 0.05) is 18.5 Å². The Morgan fingerprint density at radius 2 is 1.71 bits per heavy atom. The fourth-order valence-corrected chi connectivity index (χ4v) is 6.52. The maximum atomic E-state index is 5.93. The second-order valence-electron chi connectivity index (χ2n) is 8.60. The zero-order valence-corrected chi connectivity index (χ0v) is 14.1. The second-order valence-corrected chi connectivity index (χ2v) is 8.60. The van der Waals surface area contributed by atoms with Crippen LogP contribution in [0, 0.1) is 23.7 Å². The molecule has 5 fully saturated rings. The minimum atomic E-state index is 0.194. The third-order valence-corrected chi connectivity index (χ3v) is 7.70. The second kappa shape index (κ2) is 5.52. The minimum absolute atomic E-state index is 0.194. The van der Waals surface area contributed by atoms with Crippen LogP contribution in [0.1, 0.15) is 25.7 Å². The maximum Gasteiger partial charge on any atom is 0.148 e. The summed E-state index contributed by atoms with van der Waals surface area (Å²) < 4.78 is 23.3. The third-order valence-electron chi connectivity index (χ3n) is 7.70. The lowest BCUT2D eigenvalue weighted by atomic mass is 9.63. The molecule has 6 aliphatic rings. The van der Waals surface area contributed by atoms with Crippen LogP contribution in [0.15, 0.2) is 12.2 Å². The molecule has 7 unspecified atom stereocenters. The van der Waals surface area contributed by atoms with E-state index in [0.717, 1.165) is 17.9 Å². The molecule has 0 amide bonds. The average Bonchev–Trinajstić information content (AvgIpc) is 3.26. The zero-order valence-electron chi connectivity index (χ0n) is 14.1. The zero-order chi connectivity index (χ0) is 15.7. The first kappa shape index (κ1) is 14.7. The van der Waals surface area contributed by atoms with E-state index in [-0.39, 0.29) is 12.2 Å². The lowest BCUT2D eigenvalue weighted by Gasteiger charge is -2.55. The first-order valence-corrected chi connectivity index (χ1v) is 9.75. The van der Waals surface area contributed by atoms with E-state index in [1.165, 1.54) is 38.8 Å². The molecule has 5 nitrogen and oxygen atoms in total. The first-order valence-electron chi connectivity index (χ1n) is 9.75. The molecule has 5 heteroatoms. The number of allylic oxidation sites excluding steroid dienone is 1. The number of rotatable bonds is 0. The van der Waals surface area contributed by atoms with Gasteiger partial charge >= 0.3 is 0 Å². The fraction of sp³-hybridized carbons (Fsp3) is 0.895. The summed E-state index contributed by atoms with van der Waals surface area (Å²) >= 11 is 0. The SMILES string of the molecule is C1=C[C@@H]2OCO[C@@H]2C2CN3CCC4CC5OCOC5CC4C3CC12. The molecule has 0 spiro atoms. The van der Waals surface area contributed by atoms with Crippen LogP contribution in [-0.2, 0) is 18.9 Å². The molecule has 0 aromatic heterocycles. The van der Waals surface area contributed by atoms with Crippen molar-refractivity contribution < 1.29 is 18.9 Å². The van der Waals surface area contributed by atoms with Crippen molar-refractivity contribution in [2.45, 2.75) is 56.1 Å². The smallest absolute Gasteiger partial charge is 0.148 e. The highest BCUT2D eigenvalue weighted by molar-refractivity contribution is 5.13. The van der Waals surface area contributed by atoms with E-state index in [4.69, 9.17) is 18.9 Å². The Hall–Kier alpha value is -0.460. The molecule has 0 aromatic rings. The molecule has 4 saturated heterocycles. The molecule has 2 aliphatic carbocycles. The van der Waals surface area contributed by atoms with E-state index in [1.54, 1.807) is 0 Å². The summed E-state index contributed by atoms with van der Waals surface area (Å²) in [6, 6.07) is 0.721. The van der Waals surface area contributed by atoms with Crippen molar-refractivity contribution in [3.05, 3.63) is 12.2 Å².